The van der Waals surface area contributed by atoms with Crippen molar-refractivity contribution in [1.29, 1.82) is 0 Å². The summed E-state index contributed by atoms with van der Waals surface area (Å²) >= 11 is 5.90. The molecule has 0 aromatic heterocycles. The first-order chi connectivity index (χ1) is 11.0. The van der Waals surface area contributed by atoms with Gasteiger partial charge in [0, 0.05) is 16.8 Å². The van der Waals surface area contributed by atoms with Crippen LogP contribution in [0, 0.1) is 0 Å². The van der Waals surface area contributed by atoms with E-state index in [0.717, 1.165) is 0 Å². The van der Waals surface area contributed by atoms with Gasteiger partial charge >= 0.3 is 0 Å². The van der Waals surface area contributed by atoms with Crippen LogP contribution in [0.4, 0.5) is 5.69 Å². The van der Waals surface area contributed by atoms with Crippen LogP contribution in [0.15, 0.2) is 42.5 Å². The van der Waals surface area contributed by atoms with Gasteiger partial charge in [-0.05, 0) is 30.3 Å². The van der Waals surface area contributed by atoms with Crippen LogP contribution in [0.25, 0.3) is 0 Å². The SMILES string of the molecule is COc1ccc(Cl)cc1C(=O)Nc1cccc(OCC(=O)[O-])c1. The zero-order valence-corrected chi connectivity index (χ0v) is 12.9. The van der Waals surface area contributed by atoms with E-state index in [-0.39, 0.29) is 5.56 Å². The summed E-state index contributed by atoms with van der Waals surface area (Å²) in [4.78, 5) is 22.7. The predicted octanol–water partition coefficient (Wildman–Crippen LogP) is 1.73. The molecule has 1 amide bonds. The maximum absolute atomic E-state index is 12.3. The van der Waals surface area contributed by atoms with Gasteiger partial charge < -0.3 is 24.7 Å². The molecule has 0 aliphatic heterocycles. The number of nitrogens with one attached hydrogen (secondary N) is 1. The van der Waals surface area contributed by atoms with Gasteiger partial charge in [-0.3, -0.25) is 4.79 Å². The van der Waals surface area contributed by atoms with E-state index in [1.807, 2.05) is 0 Å². The Morgan fingerprint density at radius 3 is 2.70 bits per heavy atom. The van der Waals surface area contributed by atoms with Crippen LogP contribution >= 0.6 is 11.6 Å². The normalized spacial score (nSPS) is 10.0. The molecule has 7 heteroatoms. The van der Waals surface area contributed by atoms with Crippen molar-refractivity contribution in [3.63, 3.8) is 0 Å². The molecule has 0 saturated heterocycles. The second-order valence-corrected chi connectivity index (χ2v) is 4.92. The van der Waals surface area contributed by atoms with Crippen LogP contribution in [-0.2, 0) is 4.79 Å². The number of methoxy groups -OCH3 is 1. The lowest BCUT2D eigenvalue weighted by Crippen LogP contribution is -2.28. The molecule has 0 bridgehead atoms. The minimum atomic E-state index is -1.33. The fraction of sp³-hybridized carbons (Fsp3) is 0.125. The van der Waals surface area contributed by atoms with E-state index < -0.39 is 18.5 Å². The Kier molecular flexibility index (Phi) is 5.43. The Labute approximate surface area is 137 Å². The number of benzene rings is 2. The zero-order valence-electron chi connectivity index (χ0n) is 12.2. The van der Waals surface area contributed by atoms with Crippen LogP contribution in [0.3, 0.4) is 0 Å². The van der Waals surface area contributed by atoms with E-state index in [1.165, 1.54) is 19.2 Å². The Bertz CT molecular complexity index is 732. The predicted molar refractivity (Wildman–Crippen MR) is 82.9 cm³/mol. The highest BCUT2D eigenvalue weighted by atomic mass is 35.5. The number of hydrogen-bond acceptors (Lipinski definition) is 5. The first-order valence-corrected chi connectivity index (χ1v) is 6.95. The number of aliphatic carboxylic acids is 1. The molecular formula is C16H13ClNO5-. The number of ether oxygens (including phenoxy) is 2. The molecule has 2 aromatic carbocycles. The monoisotopic (exact) mass is 334 g/mol. The highest BCUT2D eigenvalue weighted by Crippen LogP contribution is 2.24. The molecule has 0 aliphatic carbocycles. The van der Waals surface area contributed by atoms with Crippen molar-refractivity contribution in [3.8, 4) is 11.5 Å². The van der Waals surface area contributed by atoms with Gasteiger partial charge in [0.2, 0.25) is 0 Å². The van der Waals surface area contributed by atoms with E-state index in [2.05, 4.69) is 5.32 Å². The second-order valence-electron chi connectivity index (χ2n) is 4.49. The van der Waals surface area contributed by atoms with Gasteiger partial charge in [0.15, 0.2) is 0 Å². The van der Waals surface area contributed by atoms with Crippen LogP contribution in [-0.4, -0.2) is 25.6 Å². The zero-order chi connectivity index (χ0) is 16.8. The Balaban J connectivity index is 2.15. The summed E-state index contributed by atoms with van der Waals surface area (Å²) in [6, 6.07) is 11.0. The van der Waals surface area contributed by atoms with Crippen LogP contribution in [0.2, 0.25) is 5.02 Å². The fourth-order valence-corrected chi connectivity index (χ4v) is 2.03. The topological polar surface area (TPSA) is 87.7 Å². The molecule has 0 heterocycles. The van der Waals surface area contributed by atoms with Crippen LogP contribution in [0.5, 0.6) is 11.5 Å². The Hall–Kier alpha value is -2.73. The quantitative estimate of drug-likeness (QED) is 0.869. The van der Waals surface area contributed by atoms with E-state index in [0.29, 0.717) is 22.2 Å². The van der Waals surface area contributed by atoms with E-state index in [4.69, 9.17) is 21.1 Å². The standard InChI is InChI=1S/C16H14ClNO5/c1-22-14-6-5-10(17)7-13(14)16(21)18-11-3-2-4-12(8-11)23-9-15(19)20/h2-8H,9H2,1H3,(H,18,21)(H,19,20)/p-1. The molecule has 0 unspecified atom stereocenters. The molecular weight excluding hydrogens is 322 g/mol. The molecule has 2 aromatic rings. The number of halogens is 1. The van der Waals surface area contributed by atoms with Crippen molar-refractivity contribution in [2.24, 2.45) is 0 Å². The molecule has 0 spiro atoms. The largest absolute Gasteiger partial charge is 0.546 e. The molecule has 2 rings (SSSR count). The summed E-state index contributed by atoms with van der Waals surface area (Å²) in [6.45, 7) is -0.570. The van der Waals surface area contributed by atoms with Gasteiger partial charge in [0.1, 0.15) is 18.1 Å². The van der Waals surface area contributed by atoms with Gasteiger partial charge in [-0.2, -0.15) is 0 Å². The minimum absolute atomic E-state index is 0.279. The lowest BCUT2D eigenvalue weighted by molar-refractivity contribution is -0.307. The number of anilines is 1. The average Bonchev–Trinajstić information content (AvgIpc) is 2.53. The smallest absolute Gasteiger partial charge is 0.259 e. The third-order valence-corrected chi connectivity index (χ3v) is 3.09. The average molecular weight is 335 g/mol. The fourth-order valence-electron chi connectivity index (χ4n) is 1.86. The van der Waals surface area contributed by atoms with E-state index >= 15 is 0 Å². The number of carbonyl (C=O) groups excluding carboxylic acids is 2. The van der Waals surface area contributed by atoms with Crippen molar-refractivity contribution < 1.29 is 24.2 Å². The first kappa shape index (κ1) is 16.6. The van der Waals surface area contributed by atoms with Crippen molar-refractivity contribution >= 4 is 29.2 Å². The Morgan fingerprint density at radius 2 is 2.00 bits per heavy atom. The molecule has 120 valence electrons. The molecule has 0 aliphatic rings. The van der Waals surface area contributed by atoms with Crippen molar-refractivity contribution in [2.45, 2.75) is 0 Å². The Morgan fingerprint density at radius 1 is 1.22 bits per heavy atom. The minimum Gasteiger partial charge on any atom is -0.546 e. The molecule has 23 heavy (non-hydrogen) atoms. The molecule has 6 nitrogen and oxygen atoms in total. The number of rotatable bonds is 6. The molecule has 0 fully saturated rings. The van der Waals surface area contributed by atoms with E-state index in [9.17, 15) is 14.7 Å². The van der Waals surface area contributed by atoms with Crippen molar-refractivity contribution in [3.05, 3.63) is 53.1 Å². The number of hydrogen-bond donors (Lipinski definition) is 1. The molecule has 0 radical (unpaired) electrons. The maximum Gasteiger partial charge on any atom is 0.259 e. The maximum atomic E-state index is 12.3. The highest BCUT2D eigenvalue weighted by molar-refractivity contribution is 6.31. The summed E-state index contributed by atoms with van der Waals surface area (Å²) in [6.07, 6.45) is 0. The summed E-state index contributed by atoms with van der Waals surface area (Å²) in [5.41, 5.74) is 0.717. The van der Waals surface area contributed by atoms with Crippen LogP contribution in [0.1, 0.15) is 10.4 Å². The number of carboxylic acid groups (broad SMARTS) is 1. The van der Waals surface area contributed by atoms with Crippen molar-refractivity contribution in [2.75, 3.05) is 19.0 Å². The van der Waals surface area contributed by atoms with Crippen molar-refractivity contribution in [1.82, 2.24) is 0 Å². The van der Waals surface area contributed by atoms with E-state index in [1.54, 1.807) is 30.3 Å². The highest BCUT2D eigenvalue weighted by Gasteiger charge is 2.13. The summed E-state index contributed by atoms with van der Waals surface area (Å²) in [5.74, 6) is -1.06. The summed E-state index contributed by atoms with van der Waals surface area (Å²) in [7, 11) is 1.45. The van der Waals surface area contributed by atoms with Gasteiger partial charge in [0.25, 0.3) is 5.91 Å². The number of carbonyl (C=O) groups is 2. The number of amides is 1. The number of carboxylic acids is 1. The second kappa shape index (κ2) is 7.51. The third kappa shape index (κ3) is 4.62. The molecule has 1 N–H and O–H groups in total. The first-order valence-electron chi connectivity index (χ1n) is 6.57. The van der Waals surface area contributed by atoms with Crippen LogP contribution < -0.4 is 19.9 Å². The molecule has 0 saturated carbocycles. The van der Waals surface area contributed by atoms with Gasteiger partial charge in [-0.15, -0.1) is 0 Å². The third-order valence-electron chi connectivity index (χ3n) is 2.85. The molecule has 0 atom stereocenters. The summed E-state index contributed by atoms with van der Waals surface area (Å²) < 4.78 is 10.1. The van der Waals surface area contributed by atoms with Gasteiger partial charge in [-0.1, -0.05) is 17.7 Å². The lowest BCUT2D eigenvalue weighted by atomic mass is 10.2. The lowest BCUT2D eigenvalue weighted by Gasteiger charge is -2.11. The summed E-state index contributed by atoms with van der Waals surface area (Å²) in [5, 5.41) is 13.5. The van der Waals surface area contributed by atoms with Gasteiger partial charge in [0.05, 0.1) is 18.6 Å². The van der Waals surface area contributed by atoms with Gasteiger partial charge in [-0.25, -0.2) is 0 Å².